The highest BCUT2D eigenvalue weighted by atomic mass is 16.1. The van der Waals surface area contributed by atoms with E-state index in [2.05, 4.69) is 39.6 Å². The predicted octanol–water partition coefficient (Wildman–Crippen LogP) is 4.30. The molecule has 1 saturated carbocycles. The highest BCUT2D eigenvalue weighted by Crippen LogP contribution is 2.42. The number of carbonyl (C=O) groups excluding carboxylic acids is 1. The first kappa shape index (κ1) is 22.2. The second-order valence-corrected chi connectivity index (χ2v) is 11.0. The molecular formula is C29H34N6O. The third kappa shape index (κ3) is 3.94. The zero-order valence-corrected chi connectivity index (χ0v) is 20.8. The van der Waals surface area contributed by atoms with Crippen LogP contribution in [-0.2, 0) is 12.8 Å². The summed E-state index contributed by atoms with van der Waals surface area (Å²) in [6.07, 6.45) is 14.2. The van der Waals surface area contributed by atoms with Crippen LogP contribution in [0.3, 0.4) is 0 Å². The standard InChI is InChI=1S/C29H34N6O/c36-28(30-16-21-7-5-15-34-14-4-3-9-25(21)34)24-18-32-35(27(24)20-11-12-20)29-31-17-22-13-10-19-6-1-2-8-23(19)26(22)33-29/h1-2,6,8,17-18,20-21,25H,3-5,7,9-16H2,(H,30,36)/t21-,25+/m0/s1. The summed E-state index contributed by atoms with van der Waals surface area (Å²) in [4.78, 5) is 25.8. The van der Waals surface area contributed by atoms with Crippen LogP contribution in [0, 0.1) is 5.92 Å². The molecule has 2 aromatic heterocycles. The normalized spacial score (nSPS) is 23.4. The molecule has 1 aromatic carbocycles. The smallest absolute Gasteiger partial charge is 0.254 e. The molecule has 0 radical (unpaired) electrons. The first-order valence-electron chi connectivity index (χ1n) is 13.8. The Morgan fingerprint density at radius 1 is 0.972 bits per heavy atom. The summed E-state index contributed by atoms with van der Waals surface area (Å²) in [5.74, 6) is 1.46. The predicted molar refractivity (Wildman–Crippen MR) is 138 cm³/mol. The van der Waals surface area contributed by atoms with Crippen LogP contribution < -0.4 is 5.32 Å². The van der Waals surface area contributed by atoms with Gasteiger partial charge in [-0.2, -0.15) is 5.10 Å². The molecule has 4 aliphatic rings. The number of nitrogens with zero attached hydrogens (tertiary/aromatic N) is 5. The van der Waals surface area contributed by atoms with Crippen molar-refractivity contribution in [1.29, 1.82) is 0 Å². The topological polar surface area (TPSA) is 75.9 Å². The minimum Gasteiger partial charge on any atom is -0.352 e. The highest BCUT2D eigenvalue weighted by Gasteiger charge is 2.36. The van der Waals surface area contributed by atoms with Crippen LogP contribution in [0.4, 0.5) is 0 Å². The Kier molecular flexibility index (Phi) is 5.61. The minimum atomic E-state index is -0.000566. The van der Waals surface area contributed by atoms with Gasteiger partial charge in [-0.1, -0.05) is 30.7 Å². The lowest BCUT2D eigenvalue weighted by Gasteiger charge is -2.44. The molecule has 0 unspecified atom stereocenters. The lowest BCUT2D eigenvalue weighted by atomic mass is 9.83. The van der Waals surface area contributed by atoms with E-state index >= 15 is 0 Å². The molecule has 7 heteroatoms. The Morgan fingerprint density at radius 3 is 2.75 bits per heavy atom. The molecule has 0 bridgehead atoms. The summed E-state index contributed by atoms with van der Waals surface area (Å²) in [6, 6.07) is 9.12. The summed E-state index contributed by atoms with van der Waals surface area (Å²) >= 11 is 0. The van der Waals surface area contributed by atoms with Crippen molar-refractivity contribution in [3.05, 3.63) is 59.0 Å². The van der Waals surface area contributed by atoms with Crippen molar-refractivity contribution >= 4 is 5.91 Å². The Hall–Kier alpha value is -3.06. The SMILES string of the molecule is O=C(NC[C@@H]1CCCN2CCCC[C@H]12)c1cnn(-c2ncc3c(n2)-c2ccccc2CC3)c1C1CC1. The van der Waals surface area contributed by atoms with Crippen LogP contribution >= 0.6 is 0 Å². The van der Waals surface area contributed by atoms with Crippen LogP contribution in [0.15, 0.2) is 36.7 Å². The van der Waals surface area contributed by atoms with E-state index in [0.29, 0.717) is 29.4 Å². The Morgan fingerprint density at radius 2 is 1.83 bits per heavy atom. The Bertz CT molecular complexity index is 1290. The zero-order chi connectivity index (χ0) is 24.1. The van der Waals surface area contributed by atoms with Crippen LogP contribution in [0.1, 0.15) is 78.0 Å². The van der Waals surface area contributed by atoms with Crippen molar-refractivity contribution in [1.82, 2.24) is 30.0 Å². The number of amides is 1. The Balaban J connectivity index is 1.15. The number of piperidine rings is 2. The number of hydrogen-bond acceptors (Lipinski definition) is 5. The maximum atomic E-state index is 13.4. The number of hydrogen-bond donors (Lipinski definition) is 1. The van der Waals surface area contributed by atoms with E-state index < -0.39 is 0 Å². The second-order valence-electron chi connectivity index (χ2n) is 11.0. The molecule has 2 aliphatic heterocycles. The van der Waals surface area contributed by atoms with E-state index in [4.69, 9.17) is 9.97 Å². The molecular weight excluding hydrogens is 448 g/mol. The van der Waals surface area contributed by atoms with Gasteiger partial charge in [0.25, 0.3) is 11.9 Å². The molecule has 7 rings (SSSR count). The van der Waals surface area contributed by atoms with Gasteiger partial charge in [0.1, 0.15) is 0 Å². The number of fused-ring (bicyclic) bond motifs is 4. The molecule has 2 atom stereocenters. The zero-order valence-electron chi connectivity index (χ0n) is 20.8. The molecule has 0 spiro atoms. The lowest BCUT2D eigenvalue weighted by Crippen LogP contribution is -2.51. The first-order chi connectivity index (χ1) is 17.8. The van der Waals surface area contributed by atoms with Gasteiger partial charge < -0.3 is 10.2 Å². The van der Waals surface area contributed by atoms with Crippen molar-refractivity contribution in [2.75, 3.05) is 19.6 Å². The molecule has 186 valence electrons. The molecule has 3 aromatic rings. The molecule has 2 aliphatic carbocycles. The summed E-state index contributed by atoms with van der Waals surface area (Å²) in [6.45, 7) is 3.19. The highest BCUT2D eigenvalue weighted by molar-refractivity contribution is 5.95. The fourth-order valence-electron chi connectivity index (χ4n) is 6.73. The molecule has 1 amide bonds. The Labute approximate surface area is 212 Å². The summed E-state index contributed by atoms with van der Waals surface area (Å²) in [7, 11) is 0. The van der Waals surface area contributed by atoms with Gasteiger partial charge in [0.15, 0.2) is 0 Å². The van der Waals surface area contributed by atoms with Crippen molar-refractivity contribution in [3.63, 3.8) is 0 Å². The largest absolute Gasteiger partial charge is 0.352 e. The fourth-order valence-corrected chi connectivity index (χ4v) is 6.73. The molecule has 2 saturated heterocycles. The van der Waals surface area contributed by atoms with Gasteiger partial charge in [-0.05, 0) is 81.5 Å². The van der Waals surface area contributed by atoms with Gasteiger partial charge in [0, 0.05) is 30.3 Å². The third-order valence-electron chi connectivity index (χ3n) is 8.75. The van der Waals surface area contributed by atoms with Crippen LogP contribution in [0.2, 0.25) is 0 Å². The van der Waals surface area contributed by atoms with E-state index in [1.807, 2.05) is 10.9 Å². The monoisotopic (exact) mass is 482 g/mol. The number of benzene rings is 1. The number of aromatic nitrogens is 4. The molecule has 36 heavy (non-hydrogen) atoms. The van der Waals surface area contributed by atoms with Crippen LogP contribution in [-0.4, -0.2) is 56.2 Å². The lowest BCUT2D eigenvalue weighted by molar-refractivity contribution is 0.0575. The van der Waals surface area contributed by atoms with Gasteiger partial charge in [-0.15, -0.1) is 0 Å². The van der Waals surface area contributed by atoms with E-state index in [-0.39, 0.29) is 5.91 Å². The van der Waals surface area contributed by atoms with E-state index in [1.54, 1.807) is 6.20 Å². The third-order valence-corrected chi connectivity index (χ3v) is 8.75. The van der Waals surface area contributed by atoms with Crippen molar-refractivity contribution in [3.8, 4) is 17.2 Å². The van der Waals surface area contributed by atoms with E-state index in [9.17, 15) is 4.79 Å². The molecule has 7 nitrogen and oxygen atoms in total. The molecule has 1 N–H and O–H groups in total. The number of aryl methyl sites for hydroxylation is 2. The van der Waals surface area contributed by atoms with E-state index in [1.165, 1.54) is 61.9 Å². The van der Waals surface area contributed by atoms with Gasteiger partial charge in [0.05, 0.1) is 23.1 Å². The summed E-state index contributed by atoms with van der Waals surface area (Å²) in [5, 5.41) is 7.95. The number of rotatable bonds is 5. The van der Waals surface area contributed by atoms with Gasteiger partial charge in [-0.3, -0.25) is 4.79 Å². The van der Waals surface area contributed by atoms with E-state index in [0.717, 1.165) is 43.6 Å². The van der Waals surface area contributed by atoms with Crippen LogP contribution in [0.5, 0.6) is 0 Å². The van der Waals surface area contributed by atoms with Crippen molar-refractivity contribution in [2.24, 2.45) is 5.92 Å². The van der Waals surface area contributed by atoms with Crippen molar-refractivity contribution in [2.45, 2.75) is 69.7 Å². The summed E-state index contributed by atoms with van der Waals surface area (Å²) < 4.78 is 1.83. The molecule has 4 heterocycles. The van der Waals surface area contributed by atoms with Crippen LogP contribution in [0.25, 0.3) is 17.2 Å². The fraction of sp³-hybridized carbons (Fsp3) is 0.517. The molecule has 3 fully saturated rings. The first-order valence-corrected chi connectivity index (χ1v) is 13.8. The van der Waals surface area contributed by atoms with Gasteiger partial charge in [-0.25, -0.2) is 14.6 Å². The average molecular weight is 483 g/mol. The number of nitrogens with one attached hydrogen (secondary N) is 1. The quantitative estimate of drug-likeness (QED) is 0.587. The second kappa shape index (κ2) is 9.11. The maximum absolute atomic E-state index is 13.4. The number of carbonyl (C=O) groups is 1. The van der Waals surface area contributed by atoms with Crippen molar-refractivity contribution < 1.29 is 4.79 Å². The minimum absolute atomic E-state index is 0.000566. The maximum Gasteiger partial charge on any atom is 0.254 e. The van der Waals surface area contributed by atoms with Gasteiger partial charge >= 0.3 is 0 Å². The van der Waals surface area contributed by atoms with Gasteiger partial charge in [0.2, 0.25) is 0 Å². The summed E-state index contributed by atoms with van der Waals surface area (Å²) in [5.41, 5.74) is 6.36. The average Bonchev–Trinajstić information content (AvgIpc) is 3.68.